The second-order valence-corrected chi connectivity index (χ2v) is 15.2. The molecule has 0 aliphatic rings. The minimum atomic E-state index is -0.171. The van der Waals surface area contributed by atoms with Crippen LogP contribution in [0.4, 0.5) is 0 Å². The molecule has 0 N–H and O–H groups in total. The van der Waals surface area contributed by atoms with Gasteiger partial charge in [-0.25, -0.2) is 0 Å². The molecule has 2 rings (SSSR count). The molecule has 0 saturated carbocycles. The molecule has 2 aromatic rings. The summed E-state index contributed by atoms with van der Waals surface area (Å²) in [6.45, 7) is 11.5. The van der Waals surface area contributed by atoms with E-state index < -0.39 is 0 Å². The van der Waals surface area contributed by atoms with Crippen LogP contribution in [0.5, 0.6) is 11.5 Å². The van der Waals surface area contributed by atoms with E-state index in [4.69, 9.17) is 0 Å². The molecule has 0 amide bonds. The molecule has 0 unspecified atom stereocenters. The summed E-state index contributed by atoms with van der Waals surface area (Å²) in [5.41, 5.74) is 1.96. The molecular formula is C36H62AlBaLiO2. The van der Waals surface area contributed by atoms with E-state index in [1.807, 2.05) is 36.4 Å². The average Bonchev–Trinajstić information content (AvgIpc) is 2.95. The third-order valence-electron chi connectivity index (χ3n) is 7.78. The van der Waals surface area contributed by atoms with Crippen molar-refractivity contribution in [3.63, 3.8) is 0 Å². The van der Waals surface area contributed by atoms with Crippen LogP contribution in [-0.2, 0) is 12.8 Å². The van der Waals surface area contributed by atoms with Gasteiger partial charge in [-0.1, -0.05) is 187 Å². The Balaban J connectivity index is -0.000000266. The maximum atomic E-state index is 11.4. The Labute approximate surface area is 314 Å². The van der Waals surface area contributed by atoms with Crippen molar-refractivity contribution in [3.8, 4) is 11.5 Å². The SMILES string of the molecule is CCCCCCCCCc1ccccc1[O-].CCCCCCCCCc1ccccc1[O-].C[CH2][Al]([CH2]C)[CH2]C.[Ba+2].[H-].[Li+]. The fourth-order valence-electron chi connectivity index (χ4n) is 4.83. The van der Waals surface area contributed by atoms with Crippen LogP contribution < -0.4 is 29.1 Å². The van der Waals surface area contributed by atoms with Crippen molar-refractivity contribution >= 4 is 63.0 Å². The zero-order valence-electron chi connectivity index (χ0n) is 29.2. The monoisotopic (exact) mass is 698 g/mol. The van der Waals surface area contributed by atoms with Gasteiger partial charge >= 0.3 is 67.7 Å². The van der Waals surface area contributed by atoms with Crippen LogP contribution in [0.2, 0.25) is 15.8 Å². The zero-order valence-corrected chi connectivity index (χ0v) is 33.8. The Hall–Kier alpha value is 0.741. The summed E-state index contributed by atoms with van der Waals surface area (Å²) < 4.78 is 0. The van der Waals surface area contributed by atoms with Crippen LogP contribution in [0.3, 0.4) is 0 Å². The second-order valence-electron chi connectivity index (χ2n) is 11.0. The second kappa shape index (κ2) is 35.2. The number of benzene rings is 2. The number of aryl methyl sites for hydroxylation is 2. The molecule has 0 bridgehead atoms. The van der Waals surface area contributed by atoms with Gasteiger partial charge in [-0.2, -0.15) is 0 Å². The Morgan fingerprint density at radius 1 is 0.488 bits per heavy atom. The van der Waals surface area contributed by atoms with E-state index in [9.17, 15) is 10.2 Å². The summed E-state index contributed by atoms with van der Waals surface area (Å²) in [5, 5.41) is 27.3. The van der Waals surface area contributed by atoms with Crippen molar-refractivity contribution < 1.29 is 30.5 Å². The molecule has 224 valence electrons. The molecule has 0 spiro atoms. The van der Waals surface area contributed by atoms with Crippen molar-refractivity contribution in [2.75, 3.05) is 0 Å². The van der Waals surface area contributed by atoms with Gasteiger partial charge in [-0.05, 0) is 25.7 Å². The first-order chi connectivity index (χ1) is 19.0. The molecule has 2 nitrogen and oxygen atoms in total. The van der Waals surface area contributed by atoms with Crippen LogP contribution in [-0.4, -0.2) is 63.0 Å². The number of rotatable bonds is 19. The number of para-hydroxylation sites is 2. The van der Waals surface area contributed by atoms with Crippen molar-refractivity contribution in [3.05, 3.63) is 59.7 Å². The molecule has 0 fully saturated rings. The fraction of sp³-hybridized carbons (Fsp3) is 0.667. The minimum Gasteiger partial charge on any atom is -1.00 e. The van der Waals surface area contributed by atoms with Gasteiger partial charge in [0.1, 0.15) is 0 Å². The van der Waals surface area contributed by atoms with Gasteiger partial charge in [0, 0.05) is 0 Å². The summed E-state index contributed by atoms with van der Waals surface area (Å²) in [6.07, 6.45) is 20.2. The first-order valence-corrected chi connectivity index (χ1v) is 19.0. The summed E-state index contributed by atoms with van der Waals surface area (Å²) in [4.78, 5) is 0. The number of hydrogen-bond donors (Lipinski definition) is 0. The summed E-state index contributed by atoms with van der Waals surface area (Å²) >= 11 is -0.171. The summed E-state index contributed by atoms with van der Waals surface area (Å²) in [6, 6.07) is 14.8. The molecule has 0 aliphatic heterocycles. The predicted molar refractivity (Wildman–Crippen MR) is 179 cm³/mol. The van der Waals surface area contributed by atoms with Gasteiger partial charge in [0.05, 0.1) is 0 Å². The molecule has 5 heteroatoms. The van der Waals surface area contributed by atoms with E-state index in [1.54, 1.807) is 12.1 Å². The maximum Gasteiger partial charge on any atom is 2.00 e. The van der Waals surface area contributed by atoms with Gasteiger partial charge in [-0.3, -0.25) is 0 Å². The first kappa shape index (κ1) is 46.2. The van der Waals surface area contributed by atoms with Crippen LogP contribution >= 0.6 is 0 Å². The van der Waals surface area contributed by atoms with Gasteiger partial charge in [0.2, 0.25) is 0 Å². The fourth-order valence-corrected chi connectivity index (χ4v) is 6.56. The molecular weight excluding hydrogens is 636 g/mol. The third-order valence-corrected chi connectivity index (χ3v) is 11.2. The van der Waals surface area contributed by atoms with E-state index in [2.05, 4.69) is 34.6 Å². The van der Waals surface area contributed by atoms with Gasteiger partial charge in [-0.15, -0.1) is 11.5 Å². The molecule has 0 atom stereocenters. The van der Waals surface area contributed by atoms with E-state index in [-0.39, 0.29) is 94.8 Å². The third kappa shape index (κ3) is 28.0. The van der Waals surface area contributed by atoms with Crippen molar-refractivity contribution in [2.45, 2.75) is 153 Å². The number of hydrogen-bond acceptors (Lipinski definition) is 2. The summed E-state index contributed by atoms with van der Waals surface area (Å²) in [5.74, 6) is 0.405. The van der Waals surface area contributed by atoms with Crippen molar-refractivity contribution in [2.24, 2.45) is 0 Å². The average molecular weight is 698 g/mol. The molecule has 41 heavy (non-hydrogen) atoms. The van der Waals surface area contributed by atoms with E-state index >= 15 is 0 Å². The standard InChI is InChI=1S/2C15H24O.3C2H5.Al.Ba.Li.H/c2*1-2-3-4-5-6-7-8-11-14-12-9-10-13-15(14)16;3*1-2;;;;/h2*9-10,12-13,16H,2-8,11H2,1H3;3*1H2,2H3;;;;/q;;;;;;+2;+1;-1/p-2. The van der Waals surface area contributed by atoms with Crippen LogP contribution in [0.25, 0.3) is 0 Å². The topological polar surface area (TPSA) is 46.1 Å². The Kier molecular flexibility index (Phi) is 39.7. The van der Waals surface area contributed by atoms with E-state index in [0.717, 1.165) is 36.8 Å². The van der Waals surface area contributed by atoms with E-state index in [0.29, 0.717) is 0 Å². The van der Waals surface area contributed by atoms with Crippen molar-refractivity contribution in [1.82, 2.24) is 0 Å². The zero-order chi connectivity index (χ0) is 29.0. The van der Waals surface area contributed by atoms with Crippen molar-refractivity contribution in [1.29, 1.82) is 0 Å². The van der Waals surface area contributed by atoms with E-state index in [1.165, 1.54) is 92.9 Å². The normalized spacial score (nSPS) is 9.78. The predicted octanol–water partition coefficient (Wildman–Crippen LogP) is 7.38. The molecule has 0 aromatic heterocycles. The quantitative estimate of drug-likeness (QED) is 0.114. The van der Waals surface area contributed by atoms with Crippen LogP contribution in [0.1, 0.15) is 137 Å². The smallest absolute Gasteiger partial charge is 1.00 e. The Bertz CT molecular complexity index is 727. The largest absolute Gasteiger partial charge is 2.00 e. The minimum absolute atomic E-state index is 0. The maximum absolute atomic E-state index is 11.4. The Morgan fingerprint density at radius 3 is 1.05 bits per heavy atom. The molecule has 0 saturated heterocycles. The molecule has 0 aliphatic carbocycles. The first-order valence-electron chi connectivity index (χ1n) is 16.5. The molecule has 2 aromatic carbocycles. The molecule has 0 heterocycles. The number of unbranched alkanes of at least 4 members (excludes halogenated alkanes) is 12. The van der Waals surface area contributed by atoms with Crippen LogP contribution in [0.15, 0.2) is 48.5 Å². The Morgan fingerprint density at radius 2 is 0.780 bits per heavy atom. The van der Waals surface area contributed by atoms with Gasteiger partial charge < -0.3 is 11.6 Å². The molecule has 0 radical (unpaired) electrons. The van der Waals surface area contributed by atoms with Gasteiger partial charge in [0.25, 0.3) is 14.1 Å². The van der Waals surface area contributed by atoms with Gasteiger partial charge in [0.15, 0.2) is 0 Å². The van der Waals surface area contributed by atoms with Crippen LogP contribution in [0, 0.1) is 0 Å². The summed E-state index contributed by atoms with van der Waals surface area (Å²) in [7, 11) is 0.